The maximum atomic E-state index is 13.0. The zero-order valence-electron chi connectivity index (χ0n) is 17.0. The predicted molar refractivity (Wildman–Crippen MR) is 120 cm³/mol. The highest BCUT2D eigenvalue weighted by Gasteiger charge is 2.20. The Morgan fingerprint density at radius 2 is 1.71 bits per heavy atom. The summed E-state index contributed by atoms with van der Waals surface area (Å²) in [5.74, 6) is -1.38. The first-order valence-corrected chi connectivity index (χ1v) is 10.5. The smallest absolute Gasteiger partial charge is 0.286 e. The Bertz CT molecular complexity index is 1130. The van der Waals surface area contributed by atoms with Crippen LogP contribution in [-0.4, -0.2) is 32.2 Å². The molecule has 1 aromatic heterocycles. The van der Waals surface area contributed by atoms with Crippen LogP contribution in [0.25, 0.3) is 5.69 Å². The molecule has 0 aliphatic carbocycles. The standard InChI is InChI=1S/C22H22N4O4S/c1-14(16-9-5-3-6-10-16)23-18(28)13-31-22-25-20(29)19(24-15(2)27)21(30)26(22)17-11-7-4-8-12-17/h3-12,14,29H,13H2,1-2H3,(H,23,28)(H,24,27)/t14-/m1/s1. The van der Waals surface area contributed by atoms with Crippen LogP contribution in [0.3, 0.4) is 0 Å². The Balaban J connectivity index is 1.85. The van der Waals surface area contributed by atoms with E-state index in [0.717, 1.165) is 17.3 Å². The maximum Gasteiger partial charge on any atom is 0.286 e. The summed E-state index contributed by atoms with van der Waals surface area (Å²) < 4.78 is 1.25. The lowest BCUT2D eigenvalue weighted by molar-refractivity contribution is -0.119. The van der Waals surface area contributed by atoms with Crippen LogP contribution in [0.15, 0.2) is 70.6 Å². The normalized spacial score (nSPS) is 11.5. The second-order valence-corrected chi connectivity index (χ2v) is 7.68. The molecule has 1 heterocycles. The SMILES string of the molecule is CC(=O)Nc1c(O)nc(SCC(=O)N[C@H](C)c2ccccc2)n(-c2ccccc2)c1=O. The number of carbonyl (C=O) groups is 2. The molecular formula is C22H22N4O4S. The van der Waals surface area contributed by atoms with Crippen molar-refractivity contribution in [1.29, 1.82) is 0 Å². The van der Waals surface area contributed by atoms with Gasteiger partial charge in [-0.2, -0.15) is 4.98 Å². The summed E-state index contributed by atoms with van der Waals surface area (Å²) in [6.07, 6.45) is 0. The number of benzene rings is 2. The molecule has 0 saturated carbocycles. The minimum absolute atomic E-state index is 0.0185. The lowest BCUT2D eigenvalue weighted by atomic mass is 10.1. The number of nitrogens with one attached hydrogen (secondary N) is 2. The van der Waals surface area contributed by atoms with Crippen LogP contribution in [-0.2, 0) is 9.59 Å². The van der Waals surface area contributed by atoms with E-state index in [4.69, 9.17) is 0 Å². The predicted octanol–water partition coefficient (Wildman–Crippen LogP) is 2.87. The number of hydrogen-bond donors (Lipinski definition) is 3. The van der Waals surface area contributed by atoms with Crippen LogP contribution >= 0.6 is 11.8 Å². The van der Waals surface area contributed by atoms with E-state index >= 15 is 0 Å². The van der Waals surface area contributed by atoms with E-state index in [1.807, 2.05) is 37.3 Å². The Morgan fingerprint density at radius 1 is 1.10 bits per heavy atom. The van der Waals surface area contributed by atoms with Gasteiger partial charge in [0, 0.05) is 6.92 Å². The van der Waals surface area contributed by atoms with Crippen LogP contribution in [0.2, 0.25) is 0 Å². The highest BCUT2D eigenvalue weighted by molar-refractivity contribution is 7.99. The number of nitrogens with zero attached hydrogens (tertiary/aromatic N) is 2. The largest absolute Gasteiger partial charge is 0.492 e. The molecule has 31 heavy (non-hydrogen) atoms. The number of carbonyl (C=O) groups excluding carboxylic acids is 2. The Kier molecular flexibility index (Phi) is 7.09. The van der Waals surface area contributed by atoms with Crippen molar-refractivity contribution in [3.05, 3.63) is 76.6 Å². The third kappa shape index (κ3) is 5.52. The molecule has 1 atom stereocenters. The van der Waals surface area contributed by atoms with Crippen LogP contribution in [0.4, 0.5) is 5.69 Å². The molecule has 2 amide bonds. The molecule has 0 radical (unpaired) electrons. The summed E-state index contributed by atoms with van der Waals surface area (Å²) >= 11 is 1.01. The van der Waals surface area contributed by atoms with Crippen LogP contribution in [0.1, 0.15) is 25.5 Å². The maximum absolute atomic E-state index is 13.0. The van der Waals surface area contributed by atoms with Gasteiger partial charge in [0.15, 0.2) is 10.8 Å². The van der Waals surface area contributed by atoms with Gasteiger partial charge in [-0.3, -0.25) is 19.0 Å². The van der Waals surface area contributed by atoms with E-state index in [1.54, 1.807) is 30.3 Å². The summed E-state index contributed by atoms with van der Waals surface area (Å²) in [7, 11) is 0. The number of anilines is 1. The lowest BCUT2D eigenvalue weighted by Gasteiger charge is -2.16. The summed E-state index contributed by atoms with van der Waals surface area (Å²) in [5, 5.41) is 15.5. The fourth-order valence-corrected chi connectivity index (χ4v) is 3.73. The summed E-state index contributed by atoms with van der Waals surface area (Å²) in [6, 6.07) is 18.0. The van der Waals surface area contributed by atoms with Crippen LogP contribution in [0.5, 0.6) is 5.88 Å². The lowest BCUT2D eigenvalue weighted by Crippen LogP contribution is -2.29. The van der Waals surface area contributed by atoms with Gasteiger partial charge in [-0.1, -0.05) is 60.3 Å². The van der Waals surface area contributed by atoms with Crippen molar-refractivity contribution >= 4 is 29.3 Å². The zero-order chi connectivity index (χ0) is 22.4. The van der Waals surface area contributed by atoms with Crippen molar-refractivity contribution in [2.75, 3.05) is 11.1 Å². The van der Waals surface area contributed by atoms with E-state index in [0.29, 0.717) is 5.69 Å². The third-order valence-corrected chi connectivity index (χ3v) is 5.30. The van der Waals surface area contributed by atoms with Crippen LogP contribution < -0.4 is 16.2 Å². The molecule has 0 aliphatic heterocycles. The van der Waals surface area contributed by atoms with Gasteiger partial charge in [0.1, 0.15) is 0 Å². The molecule has 0 bridgehead atoms. The molecule has 9 heteroatoms. The highest BCUT2D eigenvalue weighted by atomic mass is 32.2. The van der Waals surface area contributed by atoms with E-state index in [9.17, 15) is 19.5 Å². The molecule has 3 rings (SSSR count). The molecular weight excluding hydrogens is 416 g/mol. The van der Waals surface area contributed by atoms with Crippen molar-refractivity contribution in [2.24, 2.45) is 0 Å². The molecule has 0 unspecified atom stereocenters. The van der Waals surface area contributed by atoms with Crippen molar-refractivity contribution in [3.63, 3.8) is 0 Å². The fraction of sp³-hybridized carbons (Fsp3) is 0.182. The van der Waals surface area contributed by atoms with E-state index in [2.05, 4.69) is 15.6 Å². The second kappa shape index (κ2) is 9.94. The molecule has 0 spiro atoms. The number of para-hydroxylation sites is 1. The van der Waals surface area contributed by atoms with Crippen molar-refractivity contribution in [1.82, 2.24) is 14.9 Å². The molecule has 0 fully saturated rings. The summed E-state index contributed by atoms with van der Waals surface area (Å²) in [6.45, 7) is 3.11. The van der Waals surface area contributed by atoms with E-state index in [-0.39, 0.29) is 28.5 Å². The van der Waals surface area contributed by atoms with Gasteiger partial charge in [-0.15, -0.1) is 0 Å². The molecule has 8 nitrogen and oxygen atoms in total. The number of thioether (sulfide) groups is 1. The van der Waals surface area contributed by atoms with Crippen molar-refractivity contribution in [2.45, 2.75) is 25.0 Å². The third-order valence-electron chi connectivity index (χ3n) is 4.36. The van der Waals surface area contributed by atoms with Gasteiger partial charge in [-0.05, 0) is 24.6 Å². The van der Waals surface area contributed by atoms with Crippen molar-refractivity contribution < 1.29 is 14.7 Å². The molecule has 2 aromatic carbocycles. The Morgan fingerprint density at radius 3 is 2.32 bits per heavy atom. The minimum Gasteiger partial charge on any atom is -0.492 e. The average molecular weight is 439 g/mol. The van der Waals surface area contributed by atoms with Crippen molar-refractivity contribution in [3.8, 4) is 11.6 Å². The van der Waals surface area contributed by atoms with Gasteiger partial charge in [0.25, 0.3) is 5.56 Å². The monoisotopic (exact) mass is 438 g/mol. The topological polar surface area (TPSA) is 113 Å². The minimum atomic E-state index is -0.644. The first-order chi connectivity index (χ1) is 14.9. The number of rotatable bonds is 7. The Hall–Kier alpha value is -3.59. The summed E-state index contributed by atoms with van der Waals surface area (Å²) in [5.41, 5.74) is 0.502. The quantitative estimate of drug-likeness (QED) is 0.386. The molecule has 160 valence electrons. The summed E-state index contributed by atoms with van der Waals surface area (Å²) in [4.78, 5) is 40.9. The van der Waals surface area contributed by atoms with Gasteiger partial charge in [-0.25, -0.2) is 0 Å². The fourth-order valence-electron chi connectivity index (χ4n) is 2.92. The molecule has 0 saturated heterocycles. The number of aromatic nitrogens is 2. The highest BCUT2D eigenvalue weighted by Crippen LogP contribution is 2.25. The molecule has 3 aromatic rings. The number of aromatic hydroxyl groups is 1. The Labute approximate surface area is 183 Å². The average Bonchev–Trinajstić information content (AvgIpc) is 2.76. The number of hydrogen-bond acceptors (Lipinski definition) is 6. The van der Waals surface area contributed by atoms with E-state index < -0.39 is 17.3 Å². The first-order valence-electron chi connectivity index (χ1n) is 9.53. The van der Waals surface area contributed by atoms with Crippen LogP contribution in [0, 0.1) is 0 Å². The zero-order valence-corrected chi connectivity index (χ0v) is 17.8. The van der Waals surface area contributed by atoms with Gasteiger partial charge in [0.2, 0.25) is 17.7 Å². The first kappa shape index (κ1) is 22.1. The second-order valence-electron chi connectivity index (χ2n) is 6.74. The van der Waals surface area contributed by atoms with E-state index in [1.165, 1.54) is 11.5 Å². The molecule has 3 N–H and O–H groups in total. The number of amides is 2. The molecule has 0 aliphatic rings. The van der Waals surface area contributed by atoms with Gasteiger partial charge >= 0.3 is 0 Å². The van der Waals surface area contributed by atoms with Gasteiger partial charge in [0.05, 0.1) is 17.5 Å². The van der Waals surface area contributed by atoms with Gasteiger partial charge < -0.3 is 15.7 Å².